The van der Waals surface area contributed by atoms with Crippen molar-refractivity contribution in [1.29, 1.82) is 0 Å². The molecule has 1 heterocycles. The van der Waals surface area contributed by atoms with Gasteiger partial charge in [0.2, 0.25) is 0 Å². The predicted octanol–water partition coefficient (Wildman–Crippen LogP) is 2.34. The summed E-state index contributed by atoms with van der Waals surface area (Å²) in [4.78, 5) is 0. The number of hydrogen-bond donors (Lipinski definition) is 1. The molecule has 1 aromatic carbocycles. The molecule has 0 aliphatic carbocycles. The van der Waals surface area contributed by atoms with E-state index in [1.165, 1.54) is 11.1 Å². The fourth-order valence-electron chi connectivity index (χ4n) is 1.76. The van der Waals surface area contributed by atoms with E-state index in [0.717, 1.165) is 3.57 Å². The Hall–Kier alpha value is -0.880. The zero-order chi connectivity index (χ0) is 11.5. The van der Waals surface area contributed by atoms with Crippen LogP contribution in [0.2, 0.25) is 0 Å². The van der Waals surface area contributed by atoms with E-state index in [4.69, 9.17) is 5.73 Å². The molecule has 0 saturated carbocycles. The molecule has 2 rings (SSSR count). The van der Waals surface area contributed by atoms with Crippen LogP contribution in [0.15, 0.2) is 36.7 Å². The molecule has 84 valence electrons. The van der Waals surface area contributed by atoms with Gasteiger partial charge >= 0.3 is 0 Å². The van der Waals surface area contributed by atoms with E-state index >= 15 is 0 Å². The minimum absolute atomic E-state index is 0.128. The molecule has 3 nitrogen and oxygen atoms in total. The maximum Gasteiger partial charge on any atom is 0.0891 e. The molecule has 2 N–H and O–H groups in total. The molecule has 0 saturated heterocycles. The Morgan fingerprint density at radius 1 is 1.50 bits per heavy atom. The summed E-state index contributed by atoms with van der Waals surface area (Å²) < 4.78 is 3.06. The highest BCUT2D eigenvalue weighted by molar-refractivity contribution is 14.1. The number of hydrogen-bond acceptors (Lipinski definition) is 2. The summed E-state index contributed by atoms with van der Waals surface area (Å²) in [6.45, 7) is 2.64. The van der Waals surface area contributed by atoms with Crippen LogP contribution < -0.4 is 5.73 Å². The maximum absolute atomic E-state index is 5.83. The molecule has 0 aliphatic heterocycles. The summed E-state index contributed by atoms with van der Waals surface area (Å²) in [7, 11) is 0. The van der Waals surface area contributed by atoms with Crippen molar-refractivity contribution >= 4 is 22.6 Å². The van der Waals surface area contributed by atoms with Crippen LogP contribution in [0.25, 0.3) is 0 Å². The summed E-state index contributed by atoms with van der Waals surface area (Å²) in [5, 5.41) is 4.32. The molecule has 2 aromatic rings. The van der Waals surface area contributed by atoms with E-state index in [-0.39, 0.29) is 6.04 Å². The lowest BCUT2D eigenvalue weighted by Gasteiger charge is -2.16. The first-order valence-corrected chi connectivity index (χ1v) is 6.25. The van der Waals surface area contributed by atoms with Gasteiger partial charge in [0, 0.05) is 12.7 Å². The molecule has 16 heavy (non-hydrogen) atoms. The summed E-state index contributed by atoms with van der Waals surface area (Å²) in [5.74, 6) is 0. The van der Waals surface area contributed by atoms with Crippen molar-refractivity contribution in [3.8, 4) is 0 Å². The van der Waals surface area contributed by atoms with Crippen LogP contribution in [0.4, 0.5) is 0 Å². The zero-order valence-electron chi connectivity index (χ0n) is 9.10. The number of nitrogens with zero attached hydrogens (tertiary/aromatic N) is 2. The van der Waals surface area contributed by atoms with Gasteiger partial charge in [-0.15, -0.1) is 0 Å². The normalized spacial score (nSPS) is 12.7. The molecule has 1 unspecified atom stereocenters. The van der Waals surface area contributed by atoms with Gasteiger partial charge in [0.15, 0.2) is 0 Å². The number of halogens is 1. The van der Waals surface area contributed by atoms with Crippen LogP contribution >= 0.6 is 22.6 Å². The van der Waals surface area contributed by atoms with Gasteiger partial charge in [0.25, 0.3) is 0 Å². The van der Waals surface area contributed by atoms with Gasteiger partial charge in [-0.3, -0.25) is 4.68 Å². The van der Waals surface area contributed by atoms with Gasteiger partial charge in [-0.2, -0.15) is 5.10 Å². The number of aromatic nitrogens is 2. The Kier molecular flexibility index (Phi) is 3.60. The smallest absolute Gasteiger partial charge is 0.0891 e. The Balaban J connectivity index is 2.36. The van der Waals surface area contributed by atoms with Gasteiger partial charge < -0.3 is 5.73 Å². The molecule has 4 heteroatoms. The first kappa shape index (κ1) is 11.6. The van der Waals surface area contributed by atoms with Crippen LogP contribution in [-0.2, 0) is 0 Å². The number of rotatable bonds is 3. The lowest BCUT2D eigenvalue weighted by molar-refractivity contribution is 0.531. The van der Waals surface area contributed by atoms with E-state index in [0.29, 0.717) is 6.54 Å². The SMILES string of the molecule is Cc1cccc(C(CN)n2cc(I)cn2)c1. The fraction of sp³-hybridized carbons (Fsp3) is 0.250. The minimum atomic E-state index is 0.128. The summed E-state index contributed by atoms with van der Waals surface area (Å²) in [5.41, 5.74) is 8.29. The second-order valence-corrected chi connectivity index (χ2v) is 5.05. The third-order valence-corrected chi connectivity index (χ3v) is 3.10. The van der Waals surface area contributed by atoms with Crippen molar-refractivity contribution in [2.24, 2.45) is 5.73 Å². The molecule has 0 amide bonds. The highest BCUT2D eigenvalue weighted by Crippen LogP contribution is 2.18. The first-order chi connectivity index (χ1) is 7.70. The van der Waals surface area contributed by atoms with Crippen molar-refractivity contribution < 1.29 is 0 Å². The first-order valence-electron chi connectivity index (χ1n) is 5.17. The van der Waals surface area contributed by atoms with Gasteiger partial charge in [-0.25, -0.2) is 0 Å². The topological polar surface area (TPSA) is 43.8 Å². The highest BCUT2D eigenvalue weighted by Gasteiger charge is 2.12. The number of nitrogens with two attached hydrogens (primary N) is 1. The van der Waals surface area contributed by atoms with Gasteiger partial charge in [-0.1, -0.05) is 29.8 Å². The summed E-state index contributed by atoms with van der Waals surface area (Å²) in [6.07, 6.45) is 3.86. The minimum Gasteiger partial charge on any atom is -0.328 e. The van der Waals surface area contributed by atoms with Crippen LogP contribution in [0.3, 0.4) is 0 Å². The molecule has 0 radical (unpaired) electrons. The van der Waals surface area contributed by atoms with Crippen LogP contribution in [0, 0.1) is 10.5 Å². The number of aryl methyl sites for hydroxylation is 1. The van der Waals surface area contributed by atoms with Crippen molar-refractivity contribution in [2.75, 3.05) is 6.54 Å². The van der Waals surface area contributed by atoms with E-state index < -0.39 is 0 Å². The Morgan fingerprint density at radius 3 is 2.88 bits per heavy atom. The van der Waals surface area contributed by atoms with Crippen molar-refractivity contribution in [3.63, 3.8) is 0 Å². The van der Waals surface area contributed by atoms with Crippen LogP contribution in [0.1, 0.15) is 17.2 Å². The van der Waals surface area contributed by atoms with Gasteiger partial charge in [0.1, 0.15) is 0 Å². The van der Waals surface area contributed by atoms with Crippen molar-refractivity contribution in [1.82, 2.24) is 9.78 Å². The second kappa shape index (κ2) is 4.97. The standard InChI is InChI=1S/C12H14IN3/c1-9-3-2-4-10(5-9)12(6-14)16-8-11(13)7-15-16/h2-5,7-8,12H,6,14H2,1H3. The average molecular weight is 327 g/mol. The monoisotopic (exact) mass is 327 g/mol. The summed E-state index contributed by atoms with van der Waals surface area (Å²) in [6, 6.07) is 8.53. The van der Waals surface area contributed by atoms with E-state index in [2.05, 4.69) is 58.9 Å². The van der Waals surface area contributed by atoms with Crippen LogP contribution in [-0.4, -0.2) is 16.3 Å². The zero-order valence-corrected chi connectivity index (χ0v) is 11.3. The van der Waals surface area contributed by atoms with E-state index in [1.807, 2.05) is 17.1 Å². The molecule has 1 atom stereocenters. The third kappa shape index (κ3) is 2.44. The van der Waals surface area contributed by atoms with E-state index in [9.17, 15) is 0 Å². The molecular formula is C12H14IN3. The largest absolute Gasteiger partial charge is 0.328 e. The lowest BCUT2D eigenvalue weighted by atomic mass is 10.0. The van der Waals surface area contributed by atoms with E-state index in [1.54, 1.807) is 0 Å². The second-order valence-electron chi connectivity index (χ2n) is 3.80. The quantitative estimate of drug-likeness (QED) is 0.880. The fourth-order valence-corrected chi connectivity index (χ4v) is 2.17. The lowest BCUT2D eigenvalue weighted by Crippen LogP contribution is -2.20. The third-order valence-electron chi connectivity index (χ3n) is 2.54. The molecule has 0 fully saturated rings. The molecule has 0 aliphatic rings. The Morgan fingerprint density at radius 2 is 2.31 bits per heavy atom. The predicted molar refractivity (Wildman–Crippen MR) is 73.3 cm³/mol. The molecule has 0 bridgehead atoms. The average Bonchev–Trinajstić information content (AvgIpc) is 2.66. The van der Waals surface area contributed by atoms with Crippen molar-refractivity contribution in [2.45, 2.75) is 13.0 Å². The molecule has 0 spiro atoms. The van der Waals surface area contributed by atoms with Crippen LogP contribution in [0.5, 0.6) is 0 Å². The van der Waals surface area contributed by atoms with Gasteiger partial charge in [-0.05, 0) is 35.1 Å². The highest BCUT2D eigenvalue weighted by atomic mass is 127. The number of benzene rings is 1. The molecule has 1 aromatic heterocycles. The Bertz CT molecular complexity index is 479. The van der Waals surface area contributed by atoms with Crippen molar-refractivity contribution in [3.05, 3.63) is 51.4 Å². The Labute approximate surface area is 109 Å². The van der Waals surface area contributed by atoms with Gasteiger partial charge in [0.05, 0.1) is 15.8 Å². The maximum atomic E-state index is 5.83. The molecular weight excluding hydrogens is 313 g/mol. The summed E-state index contributed by atoms with van der Waals surface area (Å²) >= 11 is 2.25.